The number of sulfonamides is 1. The molecule has 1 aromatic rings. The second kappa shape index (κ2) is 6.91. The molecule has 0 aliphatic rings. The van der Waals surface area contributed by atoms with E-state index in [4.69, 9.17) is 4.74 Å². The molecule has 19 heavy (non-hydrogen) atoms. The van der Waals surface area contributed by atoms with Crippen LogP contribution in [0.4, 0.5) is 0 Å². The van der Waals surface area contributed by atoms with Gasteiger partial charge in [0.05, 0.1) is 12.9 Å². The lowest BCUT2D eigenvalue weighted by atomic mass is 10.0. The summed E-state index contributed by atoms with van der Waals surface area (Å²) in [7, 11) is -1.50. The van der Waals surface area contributed by atoms with Crippen molar-refractivity contribution in [1.82, 2.24) is 4.72 Å². The molecule has 0 aliphatic heterocycles. The van der Waals surface area contributed by atoms with E-state index in [1.807, 2.05) is 26.8 Å². The van der Waals surface area contributed by atoms with Crippen LogP contribution in [0.3, 0.4) is 0 Å². The van der Waals surface area contributed by atoms with Crippen molar-refractivity contribution in [2.45, 2.75) is 33.6 Å². The molecular weight excluding hydrogens is 262 g/mol. The van der Waals surface area contributed by atoms with Crippen LogP contribution in [0.2, 0.25) is 0 Å². The van der Waals surface area contributed by atoms with Crippen LogP contribution >= 0.6 is 0 Å². The van der Waals surface area contributed by atoms with Crippen molar-refractivity contribution in [1.29, 1.82) is 0 Å². The average molecular weight is 285 g/mol. The minimum Gasteiger partial charge on any atom is -0.496 e. The lowest BCUT2D eigenvalue weighted by molar-refractivity contribution is 0.408. The lowest BCUT2D eigenvalue weighted by Crippen LogP contribution is -2.28. The van der Waals surface area contributed by atoms with E-state index in [0.717, 1.165) is 22.4 Å². The normalized spacial score (nSPS) is 11.6. The zero-order chi connectivity index (χ0) is 14.5. The van der Waals surface area contributed by atoms with Gasteiger partial charge in [0, 0.05) is 6.54 Å². The fourth-order valence-corrected chi connectivity index (χ4v) is 3.23. The van der Waals surface area contributed by atoms with Crippen LogP contribution in [0, 0.1) is 13.8 Å². The van der Waals surface area contributed by atoms with Crippen molar-refractivity contribution in [2.75, 3.05) is 19.4 Å². The van der Waals surface area contributed by atoms with Gasteiger partial charge < -0.3 is 4.74 Å². The fraction of sp³-hybridized carbons (Fsp3) is 0.571. The van der Waals surface area contributed by atoms with Crippen LogP contribution < -0.4 is 9.46 Å². The van der Waals surface area contributed by atoms with E-state index >= 15 is 0 Å². The third kappa shape index (κ3) is 4.84. The Morgan fingerprint density at radius 2 is 1.95 bits per heavy atom. The highest BCUT2D eigenvalue weighted by Gasteiger charge is 2.11. The van der Waals surface area contributed by atoms with Gasteiger partial charge in [0.25, 0.3) is 0 Å². The Kier molecular flexibility index (Phi) is 5.82. The van der Waals surface area contributed by atoms with E-state index < -0.39 is 10.0 Å². The second-order valence-corrected chi connectivity index (χ2v) is 6.65. The van der Waals surface area contributed by atoms with Crippen molar-refractivity contribution in [3.63, 3.8) is 0 Å². The van der Waals surface area contributed by atoms with Gasteiger partial charge in [-0.3, -0.25) is 0 Å². The predicted octanol–water partition coefficient (Wildman–Crippen LogP) is 2.18. The van der Waals surface area contributed by atoms with Gasteiger partial charge in [-0.25, -0.2) is 13.1 Å². The first kappa shape index (κ1) is 16.0. The summed E-state index contributed by atoms with van der Waals surface area (Å²) >= 11 is 0. The van der Waals surface area contributed by atoms with Crippen LogP contribution in [0.5, 0.6) is 5.75 Å². The molecule has 0 heterocycles. The highest BCUT2D eigenvalue weighted by Crippen LogP contribution is 2.24. The Morgan fingerprint density at radius 1 is 1.26 bits per heavy atom. The van der Waals surface area contributed by atoms with Gasteiger partial charge in [-0.05, 0) is 49.4 Å². The topological polar surface area (TPSA) is 55.4 Å². The molecule has 0 radical (unpaired) electrons. The summed E-state index contributed by atoms with van der Waals surface area (Å²) in [5.74, 6) is 1.00. The zero-order valence-corrected chi connectivity index (χ0v) is 12.9. The number of hydrogen-bond donors (Lipinski definition) is 1. The third-order valence-electron chi connectivity index (χ3n) is 2.97. The van der Waals surface area contributed by atoms with E-state index in [9.17, 15) is 8.42 Å². The molecule has 0 saturated heterocycles. The Bertz CT molecular complexity index is 524. The van der Waals surface area contributed by atoms with Gasteiger partial charge >= 0.3 is 0 Å². The molecule has 0 amide bonds. The Morgan fingerprint density at radius 3 is 2.53 bits per heavy atom. The minimum atomic E-state index is -3.13. The maximum absolute atomic E-state index is 11.6. The summed E-state index contributed by atoms with van der Waals surface area (Å²) in [5, 5.41) is 0. The first-order valence-corrected chi connectivity index (χ1v) is 8.16. The Hall–Kier alpha value is -1.07. The summed E-state index contributed by atoms with van der Waals surface area (Å²) in [4.78, 5) is 0. The standard InChI is InChI=1S/C14H23NO3S/c1-5-8-19(16,17)15-7-6-13-12(3)9-11(2)10-14(13)18-4/h9-10,15H,5-8H2,1-4H3. The smallest absolute Gasteiger partial charge is 0.211 e. The molecule has 4 nitrogen and oxygen atoms in total. The van der Waals surface area contributed by atoms with Crippen LogP contribution in [0.15, 0.2) is 12.1 Å². The molecule has 0 atom stereocenters. The van der Waals surface area contributed by atoms with E-state index in [0.29, 0.717) is 19.4 Å². The van der Waals surface area contributed by atoms with Crippen LogP contribution in [-0.2, 0) is 16.4 Å². The third-order valence-corrected chi connectivity index (χ3v) is 4.56. The molecule has 1 aromatic carbocycles. The molecule has 0 saturated carbocycles. The molecule has 0 spiro atoms. The number of methoxy groups -OCH3 is 1. The molecule has 0 bridgehead atoms. The number of aryl methyl sites for hydroxylation is 2. The van der Waals surface area contributed by atoms with Gasteiger partial charge in [0.2, 0.25) is 10.0 Å². The number of hydrogen-bond acceptors (Lipinski definition) is 3. The highest BCUT2D eigenvalue weighted by molar-refractivity contribution is 7.89. The highest BCUT2D eigenvalue weighted by atomic mass is 32.2. The van der Waals surface area contributed by atoms with Gasteiger partial charge in [-0.1, -0.05) is 13.0 Å². The quantitative estimate of drug-likeness (QED) is 0.835. The molecule has 1 N–H and O–H groups in total. The van der Waals surface area contributed by atoms with Crippen molar-refractivity contribution >= 4 is 10.0 Å². The van der Waals surface area contributed by atoms with Crippen LogP contribution in [0.25, 0.3) is 0 Å². The molecule has 0 unspecified atom stereocenters. The Balaban J connectivity index is 2.73. The first-order valence-electron chi connectivity index (χ1n) is 6.51. The molecule has 108 valence electrons. The molecular formula is C14H23NO3S. The first-order chi connectivity index (χ1) is 8.89. The second-order valence-electron chi connectivity index (χ2n) is 4.73. The predicted molar refractivity (Wildman–Crippen MR) is 78.3 cm³/mol. The maximum Gasteiger partial charge on any atom is 0.211 e. The van der Waals surface area contributed by atoms with Crippen LogP contribution in [-0.4, -0.2) is 27.8 Å². The summed E-state index contributed by atoms with van der Waals surface area (Å²) < 4.78 is 31.1. The largest absolute Gasteiger partial charge is 0.496 e. The monoisotopic (exact) mass is 285 g/mol. The lowest BCUT2D eigenvalue weighted by Gasteiger charge is -2.13. The zero-order valence-electron chi connectivity index (χ0n) is 12.1. The number of nitrogens with one attached hydrogen (secondary N) is 1. The number of benzene rings is 1. The number of ether oxygens (including phenoxy) is 1. The fourth-order valence-electron chi connectivity index (χ4n) is 2.13. The molecule has 1 rings (SSSR count). The van der Waals surface area contributed by atoms with Crippen LogP contribution in [0.1, 0.15) is 30.0 Å². The average Bonchev–Trinajstić information content (AvgIpc) is 2.31. The maximum atomic E-state index is 11.6. The summed E-state index contributed by atoms with van der Waals surface area (Å²) in [6, 6.07) is 4.06. The number of rotatable bonds is 7. The molecule has 0 aliphatic carbocycles. The van der Waals surface area contributed by atoms with Gasteiger partial charge in [0.15, 0.2) is 0 Å². The van der Waals surface area contributed by atoms with Crippen molar-refractivity contribution in [2.24, 2.45) is 0 Å². The summed E-state index contributed by atoms with van der Waals surface area (Å²) in [5.41, 5.74) is 3.34. The van der Waals surface area contributed by atoms with Gasteiger partial charge in [0.1, 0.15) is 5.75 Å². The van der Waals surface area contributed by atoms with E-state index in [-0.39, 0.29) is 5.75 Å². The van der Waals surface area contributed by atoms with Gasteiger partial charge in [-0.2, -0.15) is 0 Å². The summed E-state index contributed by atoms with van der Waals surface area (Å²) in [6.45, 7) is 6.30. The van der Waals surface area contributed by atoms with Crippen molar-refractivity contribution in [3.05, 3.63) is 28.8 Å². The van der Waals surface area contributed by atoms with E-state index in [1.54, 1.807) is 7.11 Å². The molecule has 0 fully saturated rings. The van der Waals surface area contributed by atoms with Crippen molar-refractivity contribution < 1.29 is 13.2 Å². The summed E-state index contributed by atoms with van der Waals surface area (Å²) in [6.07, 6.45) is 1.26. The van der Waals surface area contributed by atoms with Crippen molar-refractivity contribution in [3.8, 4) is 5.75 Å². The minimum absolute atomic E-state index is 0.178. The van der Waals surface area contributed by atoms with E-state index in [1.165, 1.54) is 0 Å². The van der Waals surface area contributed by atoms with E-state index in [2.05, 4.69) is 10.8 Å². The SMILES string of the molecule is CCCS(=O)(=O)NCCc1c(C)cc(C)cc1OC. The Labute approximate surface area is 116 Å². The van der Waals surface area contributed by atoms with Gasteiger partial charge in [-0.15, -0.1) is 0 Å². The molecule has 0 aromatic heterocycles. The molecule has 5 heteroatoms.